The van der Waals surface area contributed by atoms with Crippen LogP contribution < -0.4 is 0 Å². The van der Waals surface area contributed by atoms with E-state index in [0.29, 0.717) is 18.7 Å². The lowest BCUT2D eigenvalue weighted by molar-refractivity contribution is -0.147. The summed E-state index contributed by atoms with van der Waals surface area (Å²) in [5.74, 6) is -1.21. The summed E-state index contributed by atoms with van der Waals surface area (Å²) in [4.78, 5) is 25.2. The van der Waals surface area contributed by atoms with Crippen LogP contribution in [-0.2, 0) is 19.7 Å². The van der Waals surface area contributed by atoms with Gasteiger partial charge in [-0.05, 0) is 12.5 Å². The van der Waals surface area contributed by atoms with Gasteiger partial charge in [0.15, 0.2) is 0 Å². The van der Waals surface area contributed by atoms with Crippen LogP contribution in [0.1, 0.15) is 18.9 Å². The number of hydrogen-bond donors (Lipinski definition) is 1. The Morgan fingerprint density at radius 1 is 1.30 bits per heavy atom. The molecule has 5 heteroatoms. The van der Waals surface area contributed by atoms with E-state index in [1.165, 1.54) is 4.90 Å². The molecule has 0 aliphatic heterocycles. The van der Waals surface area contributed by atoms with E-state index in [-0.39, 0.29) is 12.3 Å². The van der Waals surface area contributed by atoms with Crippen molar-refractivity contribution in [3.63, 3.8) is 0 Å². The van der Waals surface area contributed by atoms with E-state index in [0.717, 1.165) is 0 Å². The zero-order valence-corrected chi connectivity index (χ0v) is 12.1. The van der Waals surface area contributed by atoms with Gasteiger partial charge in [0.05, 0.1) is 12.0 Å². The molecule has 20 heavy (non-hydrogen) atoms. The van der Waals surface area contributed by atoms with Crippen LogP contribution in [0.25, 0.3) is 0 Å². The first-order chi connectivity index (χ1) is 9.41. The summed E-state index contributed by atoms with van der Waals surface area (Å²) >= 11 is 0. The molecule has 0 spiro atoms. The molecule has 0 saturated carbocycles. The number of ether oxygens (including phenoxy) is 1. The maximum atomic E-state index is 12.1. The van der Waals surface area contributed by atoms with Gasteiger partial charge in [-0.25, -0.2) is 0 Å². The summed E-state index contributed by atoms with van der Waals surface area (Å²) in [5, 5.41) is 9.50. The molecular formula is C15H21NO4. The number of aliphatic carboxylic acids is 1. The molecule has 1 N–H and O–H groups in total. The van der Waals surface area contributed by atoms with Crippen molar-refractivity contribution < 1.29 is 19.4 Å². The molecule has 0 aliphatic carbocycles. The van der Waals surface area contributed by atoms with Crippen molar-refractivity contribution in [3.05, 3.63) is 35.9 Å². The summed E-state index contributed by atoms with van der Waals surface area (Å²) < 4.78 is 4.91. The molecule has 0 bridgehead atoms. The monoisotopic (exact) mass is 279 g/mol. The second-order valence-electron chi connectivity index (χ2n) is 4.99. The molecule has 0 saturated heterocycles. The number of carboxylic acids is 1. The number of rotatable bonds is 7. The topological polar surface area (TPSA) is 66.8 Å². The van der Waals surface area contributed by atoms with Gasteiger partial charge in [0.25, 0.3) is 0 Å². The van der Waals surface area contributed by atoms with Crippen LogP contribution in [0, 0.1) is 0 Å². The van der Waals surface area contributed by atoms with Gasteiger partial charge >= 0.3 is 5.97 Å². The molecule has 110 valence electrons. The highest BCUT2D eigenvalue weighted by Gasteiger charge is 2.38. The SMILES string of the molecule is COCCN(C)C(=O)CC(C)(C(=O)O)c1ccccc1. The van der Waals surface area contributed by atoms with Crippen LogP contribution in [0.15, 0.2) is 30.3 Å². The Morgan fingerprint density at radius 2 is 1.90 bits per heavy atom. The van der Waals surface area contributed by atoms with Crippen LogP contribution in [-0.4, -0.2) is 49.2 Å². The molecule has 1 rings (SSSR count). The first-order valence-corrected chi connectivity index (χ1v) is 6.43. The van der Waals surface area contributed by atoms with Crippen LogP contribution >= 0.6 is 0 Å². The highest BCUT2D eigenvalue weighted by Crippen LogP contribution is 2.28. The number of amides is 1. The average Bonchev–Trinajstić information content (AvgIpc) is 2.45. The minimum absolute atomic E-state index is 0.0768. The van der Waals surface area contributed by atoms with Crippen LogP contribution in [0.5, 0.6) is 0 Å². The predicted molar refractivity (Wildman–Crippen MR) is 75.6 cm³/mol. The van der Waals surface area contributed by atoms with E-state index >= 15 is 0 Å². The van der Waals surface area contributed by atoms with E-state index in [1.54, 1.807) is 45.3 Å². The van der Waals surface area contributed by atoms with Gasteiger partial charge in [0.2, 0.25) is 5.91 Å². The quantitative estimate of drug-likeness (QED) is 0.822. The Labute approximate surface area is 119 Å². The van der Waals surface area contributed by atoms with Gasteiger partial charge in [-0.3, -0.25) is 9.59 Å². The number of benzene rings is 1. The molecule has 1 aromatic rings. The van der Waals surface area contributed by atoms with Crippen molar-refractivity contribution in [2.24, 2.45) is 0 Å². The van der Waals surface area contributed by atoms with Gasteiger partial charge in [-0.1, -0.05) is 30.3 Å². The molecule has 1 amide bonds. The van der Waals surface area contributed by atoms with Gasteiger partial charge in [0.1, 0.15) is 0 Å². The Morgan fingerprint density at radius 3 is 2.40 bits per heavy atom. The largest absolute Gasteiger partial charge is 0.481 e. The molecule has 1 unspecified atom stereocenters. The smallest absolute Gasteiger partial charge is 0.314 e. The predicted octanol–water partition coefficient (Wildman–Crippen LogP) is 1.52. The van der Waals surface area contributed by atoms with E-state index in [2.05, 4.69) is 0 Å². The van der Waals surface area contributed by atoms with E-state index in [4.69, 9.17) is 4.74 Å². The zero-order chi connectivity index (χ0) is 15.2. The number of likely N-dealkylation sites (N-methyl/N-ethyl adjacent to an activating group) is 1. The lowest BCUT2D eigenvalue weighted by atomic mass is 9.79. The van der Waals surface area contributed by atoms with Crippen molar-refractivity contribution in [1.82, 2.24) is 4.90 Å². The normalized spacial score (nSPS) is 13.6. The Balaban J connectivity index is 2.88. The van der Waals surface area contributed by atoms with Gasteiger partial charge < -0.3 is 14.7 Å². The first kappa shape index (κ1) is 16.2. The molecule has 1 atom stereocenters. The fourth-order valence-corrected chi connectivity index (χ4v) is 1.90. The molecule has 0 aromatic heterocycles. The first-order valence-electron chi connectivity index (χ1n) is 6.43. The molecular weight excluding hydrogens is 258 g/mol. The summed E-state index contributed by atoms with van der Waals surface area (Å²) in [6.07, 6.45) is -0.0768. The van der Waals surface area contributed by atoms with E-state index in [9.17, 15) is 14.7 Å². The van der Waals surface area contributed by atoms with Gasteiger partial charge in [-0.15, -0.1) is 0 Å². The summed E-state index contributed by atoms with van der Waals surface area (Å²) in [7, 11) is 3.21. The molecule has 0 heterocycles. The molecule has 0 aliphatic rings. The Bertz CT molecular complexity index is 460. The number of carbonyl (C=O) groups excluding carboxylic acids is 1. The summed E-state index contributed by atoms with van der Waals surface area (Å²) in [6.45, 7) is 2.45. The molecule has 1 aromatic carbocycles. The third-order valence-electron chi connectivity index (χ3n) is 3.44. The minimum Gasteiger partial charge on any atom is -0.481 e. The highest BCUT2D eigenvalue weighted by molar-refractivity contribution is 5.89. The van der Waals surface area contributed by atoms with Crippen molar-refractivity contribution in [2.45, 2.75) is 18.8 Å². The lowest BCUT2D eigenvalue weighted by Gasteiger charge is -2.27. The number of carboxylic acid groups (broad SMARTS) is 1. The van der Waals surface area contributed by atoms with Crippen LogP contribution in [0.4, 0.5) is 0 Å². The number of methoxy groups -OCH3 is 1. The standard InChI is InChI=1S/C15H21NO4/c1-15(14(18)19,12-7-5-4-6-8-12)11-13(17)16(2)9-10-20-3/h4-8H,9-11H2,1-3H3,(H,18,19). The zero-order valence-electron chi connectivity index (χ0n) is 12.1. The second-order valence-corrected chi connectivity index (χ2v) is 4.99. The highest BCUT2D eigenvalue weighted by atomic mass is 16.5. The second kappa shape index (κ2) is 7.05. The Hall–Kier alpha value is -1.88. The molecule has 0 fully saturated rings. The number of nitrogens with zero attached hydrogens (tertiary/aromatic N) is 1. The van der Waals surface area contributed by atoms with Gasteiger partial charge in [0, 0.05) is 27.1 Å². The third-order valence-corrected chi connectivity index (χ3v) is 3.44. The maximum Gasteiger partial charge on any atom is 0.314 e. The molecule has 0 radical (unpaired) electrons. The number of hydrogen-bond acceptors (Lipinski definition) is 3. The summed E-state index contributed by atoms with van der Waals surface area (Å²) in [5.41, 5.74) is -0.597. The van der Waals surface area contributed by atoms with Crippen molar-refractivity contribution in [2.75, 3.05) is 27.3 Å². The maximum absolute atomic E-state index is 12.1. The fraction of sp³-hybridized carbons (Fsp3) is 0.467. The molecule has 5 nitrogen and oxygen atoms in total. The third kappa shape index (κ3) is 3.81. The average molecular weight is 279 g/mol. The van der Waals surface area contributed by atoms with E-state index in [1.807, 2.05) is 6.07 Å². The fourth-order valence-electron chi connectivity index (χ4n) is 1.90. The summed E-state index contributed by atoms with van der Waals surface area (Å²) in [6, 6.07) is 8.83. The Kier molecular flexibility index (Phi) is 5.70. The van der Waals surface area contributed by atoms with E-state index < -0.39 is 11.4 Å². The number of carbonyl (C=O) groups is 2. The van der Waals surface area contributed by atoms with Crippen LogP contribution in [0.2, 0.25) is 0 Å². The van der Waals surface area contributed by atoms with Crippen molar-refractivity contribution in [3.8, 4) is 0 Å². The van der Waals surface area contributed by atoms with Gasteiger partial charge in [-0.2, -0.15) is 0 Å². The van der Waals surface area contributed by atoms with Crippen molar-refractivity contribution >= 4 is 11.9 Å². The minimum atomic E-state index is -1.22. The lowest BCUT2D eigenvalue weighted by Crippen LogP contribution is -2.40. The van der Waals surface area contributed by atoms with Crippen LogP contribution in [0.3, 0.4) is 0 Å². The van der Waals surface area contributed by atoms with Crippen molar-refractivity contribution in [1.29, 1.82) is 0 Å².